The van der Waals surface area contributed by atoms with Gasteiger partial charge in [0.05, 0.1) is 29.1 Å². The highest BCUT2D eigenvalue weighted by atomic mass is 16.6. The molecule has 9 nitrogen and oxygen atoms in total. The lowest BCUT2D eigenvalue weighted by molar-refractivity contribution is -0.385. The number of carbonyl (C=O) groups excluding carboxylic acids is 3. The molecule has 164 valence electrons. The van der Waals surface area contributed by atoms with Gasteiger partial charge in [0, 0.05) is 24.9 Å². The predicted molar refractivity (Wildman–Crippen MR) is 109 cm³/mol. The normalized spacial score (nSPS) is 14.9. The van der Waals surface area contributed by atoms with Gasteiger partial charge < -0.3 is 15.4 Å². The maximum atomic E-state index is 12.4. The molecule has 1 atom stereocenters. The molecule has 1 aliphatic carbocycles. The van der Waals surface area contributed by atoms with Gasteiger partial charge in [0.2, 0.25) is 11.8 Å². The number of nitro benzene ring substituents is 1. The van der Waals surface area contributed by atoms with E-state index in [-0.39, 0.29) is 48.6 Å². The van der Waals surface area contributed by atoms with Crippen LogP contribution in [0.4, 0.5) is 5.69 Å². The Kier molecular flexibility index (Phi) is 8.76. The predicted octanol–water partition coefficient (Wildman–Crippen LogP) is 2.79. The molecule has 1 aromatic carbocycles. The van der Waals surface area contributed by atoms with Gasteiger partial charge in [0.15, 0.2) is 0 Å². The van der Waals surface area contributed by atoms with Gasteiger partial charge in [-0.2, -0.15) is 0 Å². The van der Waals surface area contributed by atoms with E-state index in [0.29, 0.717) is 0 Å². The zero-order valence-electron chi connectivity index (χ0n) is 17.4. The van der Waals surface area contributed by atoms with Crippen LogP contribution in [0.2, 0.25) is 0 Å². The monoisotopic (exact) mass is 419 g/mol. The molecule has 2 rings (SSSR count). The first-order valence-electron chi connectivity index (χ1n) is 10.3. The van der Waals surface area contributed by atoms with Gasteiger partial charge in [-0.25, -0.2) is 0 Å². The Hall–Kier alpha value is -2.97. The molecule has 1 aliphatic rings. The molecule has 0 radical (unpaired) electrons. The lowest BCUT2D eigenvalue weighted by atomic mass is 10.0. The highest BCUT2D eigenvalue weighted by Gasteiger charge is 2.27. The Labute approximate surface area is 175 Å². The van der Waals surface area contributed by atoms with E-state index in [2.05, 4.69) is 10.6 Å². The summed E-state index contributed by atoms with van der Waals surface area (Å²) in [6.07, 6.45) is 3.26. The van der Waals surface area contributed by atoms with Gasteiger partial charge in [0.25, 0.3) is 5.69 Å². The number of benzene rings is 1. The molecule has 0 saturated heterocycles. The number of ether oxygens (including phenoxy) is 1. The van der Waals surface area contributed by atoms with Crippen LogP contribution < -0.4 is 10.6 Å². The summed E-state index contributed by atoms with van der Waals surface area (Å²) in [4.78, 5) is 47.5. The van der Waals surface area contributed by atoms with Crippen molar-refractivity contribution in [3.05, 3.63) is 39.9 Å². The third-order valence-corrected chi connectivity index (χ3v) is 4.96. The number of esters is 1. The van der Waals surface area contributed by atoms with E-state index in [4.69, 9.17) is 4.74 Å². The largest absolute Gasteiger partial charge is 0.463 e. The summed E-state index contributed by atoms with van der Waals surface area (Å²) in [5, 5.41) is 16.8. The molecule has 9 heteroatoms. The molecule has 30 heavy (non-hydrogen) atoms. The molecule has 1 unspecified atom stereocenters. The van der Waals surface area contributed by atoms with E-state index in [1.54, 1.807) is 19.9 Å². The van der Waals surface area contributed by atoms with E-state index in [0.717, 1.165) is 25.7 Å². The second-order valence-electron chi connectivity index (χ2n) is 7.70. The molecule has 1 aromatic rings. The van der Waals surface area contributed by atoms with E-state index < -0.39 is 22.8 Å². The number of carbonyl (C=O) groups is 3. The van der Waals surface area contributed by atoms with E-state index in [1.165, 1.54) is 18.2 Å². The summed E-state index contributed by atoms with van der Waals surface area (Å²) in [5.74, 6) is -1.01. The average molecular weight is 419 g/mol. The summed E-state index contributed by atoms with van der Waals surface area (Å²) in [5.41, 5.74) is 0.0428. The van der Waals surface area contributed by atoms with E-state index >= 15 is 0 Å². The highest BCUT2D eigenvalue weighted by Crippen LogP contribution is 2.28. The molecular formula is C21H29N3O6. The Morgan fingerprint density at radius 1 is 1.20 bits per heavy atom. The number of nitrogens with zero attached hydrogens (tertiary/aromatic N) is 1. The summed E-state index contributed by atoms with van der Waals surface area (Å²) < 4.78 is 5.14. The molecule has 1 fully saturated rings. The fraction of sp³-hybridized carbons (Fsp3) is 0.571. The van der Waals surface area contributed by atoms with Gasteiger partial charge in [0.1, 0.15) is 0 Å². The number of nitrogens with one attached hydrogen (secondary N) is 2. The topological polar surface area (TPSA) is 128 Å². The van der Waals surface area contributed by atoms with Gasteiger partial charge in [-0.15, -0.1) is 0 Å². The summed E-state index contributed by atoms with van der Waals surface area (Å²) in [7, 11) is 0. The first-order valence-corrected chi connectivity index (χ1v) is 10.3. The van der Waals surface area contributed by atoms with Crippen molar-refractivity contribution in [3.63, 3.8) is 0 Å². The SMILES string of the molecule is CC(C)OC(=O)CC(NC(=O)CCNC(=O)C1CCCC1)c1ccccc1[N+](=O)[O-]. The Balaban J connectivity index is 2.01. The lowest BCUT2D eigenvalue weighted by Gasteiger charge is -2.19. The molecular weight excluding hydrogens is 390 g/mol. The van der Waals surface area contributed by atoms with Gasteiger partial charge in [-0.05, 0) is 26.7 Å². The number of amides is 2. The Bertz CT molecular complexity index is 774. The molecule has 0 aromatic heterocycles. The first kappa shape index (κ1) is 23.3. The van der Waals surface area contributed by atoms with Crippen molar-refractivity contribution in [1.29, 1.82) is 0 Å². The van der Waals surface area contributed by atoms with Gasteiger partial charge in [-0.1, -0.05) is 31.0 Å². The molecule has 2 N–H and O–H groups in total. The highest BCUT2D eigenvalue weighted by molar-refractivity contribution is 5.81. The van der Waals surface area contributed by atoms with Crippen molar-refractivity contribution in [3.8, 4) is 0 Å². The minimum Gasteiger partial charge on any atom is -0.463 e. The van der Waals surface area contributed by atoms with Crippen LogP contribution in [-0.4, -0.2) is 35.4 Å². The van der Waals surface area contributed by atoms with Crippen LogP contribution in [0, 0.1) is 16.0 Å². The second kappa shape index (κ2) is 11.3. The van der Waals surface area contributed by atoms with Crippen molar-refractivity contribution in [2.45, 2.75) is 64.5 Å². The van der Waals surface area contributed by atoms with Crippen LogP contribution >= 0.6 is 0 Å². The Morgan fingerprint density at radius 2 is 1.87 bits per heavy atom. The van der Waals surface area contributed by atoms with Gasteiger partial charge in [-0.3, -0.25) is 24.5 Å². The number of nitro groups is 1. The van der Waals surface area contributed by atoms with Crippen molar-refractivity contribution in [2.24, 2.45) is 5.92 Å². The molecule has 1 saturated carbocycles. The van der Waals surface area contributed by atoms with Crippen LogP contribution in [0.15, 0.2) is 24.3 Å². The maximum absolute atomic E-state index is 12.4. The van der Waals surface area contributed by atoms with Crippen LogP contribution in [0.5, 0.6) is 0 Å². The number of hydrogen-bond acceptors (Lipinski definition) is 6. The quantitative estimate of drug-likeness (QED) is 0.341. The maximum Gasteiger partial charge on any atom is 0.308 e. The first-order chi connectivity index (χ1) is 14.3. The summed E-state index contributed by atoms with van der Waals surface area (Å²) in [6.45, 7) is 3.56. The second-order valence-corrected chi connectivity index (χ2v) is 7.70. The fourth-order valence-corrected chi connectivity index (χ4v) is 3.56. The minimum absolute atomic E-state index is 0.00875. The summed E-state index contributed by atoms with van der Waals surface area (Å²) >= 11 is 0. The molecule has 0 heterocycles. The van der Waals surface area contributed by atoms with Crippen molar-refractivity contribution < 1.29 is 24.0 Å². The van der Waals surface area contributed by atoms with Crippen molar-refractivity contribution >= 4 is 23.5 Å². The number of rotatable bonds is 10. The zero-order valence-corrected chi connectivity index (χ0v) is 17.4. The molecule has 0 aliphatic heterocycles. The third kappa shape index (κ3) is 7.13. The molecule has 0 spiro atoms. The van der Waals surface area contributed by atoms with Crippen LogP contribution in [0.1, 0.15) is 64.0 Å². The smallest absolute Gasteiger partial charge is 0.308 e. The van der Waals surface area contributed by atoms with Crippen molar-refractivity contribution in [2.75, 3.05) is 6.54 Å². The van der Waals surface area contributed by atoms with Crippen LogP contribution in [0.25, 0.3) is 0 Å². The molecule has 0 bridgehead atoms. The van der Waals surface area contributed by atoms with E-state index in [1.807, 2.05) is 0 Å². The Morgan fingerprint density at radius 3 is 2.50 bits per heavy atom. The van der Waals surface area contributed by atoms with Crippen molar-refractivity contribution in [1.82, 2.24) is 10.6 Å². The lowest BCUT2D eigenvalue weighted by Crippen LogP contribution is -2.36. The van der Waals surface area contributed by atoms with Gasteiger partial charge >= 0.3 is 5.97 Å². The summed E-state index contributed by atoms with van der Waals surface area (Å²) in [6, 6.07) is 5.05. The third-order valence-electron chi connectivity index (χ3n) is 4.96. The standard InChI is InChI=1S/C21H29N3O6/c1-14(2)30-20(26)13-17(16-9-5-6-10-18(16)24(28)29)23-19(25)11-12-22-21(27)15-7-3-4-8-15/h5-6,9-10,14-15,17H,3-4,7-8,11-13H2,1-2H3,(H,22,27)(H,23,25). The minimum atomic E-state index is -0.907. The average Bonchev–Trinajstić information content (AvgIpc) is 3.21. The van der Waals surface area contributed by atoms with E-state index in [9.17, 15) is 24.5 Å². The fourth-order valence-electron chi connectivity index (χ4n) is 3.56. The van der Waals surface area contributed by atoms with Crippen LogP contribution in [0.3, 0.4) is 0 Å². The number of para-hydroxylation sites is 1. The molecule has 2 amide bonds. The van der Waals surface area contributed by atoms with Crippen LogP contribution in [-0.2, 0) is 19.1 Å². The number of hydrogen-bond donors (Lipinski definition) is 2. The zero-order chi connectivity index (χ0) is 22.1.